The molecule has 1 spiro atoms. The predicted molar refractivity (Wildman–Crippen MR) is 85.0 cm³/mol. The Morgan fingerprint density at radius 2 is 1.92 bits per heavy atom. The molecule has 1 aromatic rings. The standard InChI is InChI=1S/C17H22O6S/c1-11-4-6-12(7-5-11)24(18,19)22-13-8-9-17-14(10-20-15(13)17)21-16(2,3)23-17/h4-7,13-15H,8-10H2,1-3H3. The van der Waals surface area contributed by atoms with Crippen molar-refractivity contribution < 1.29 is 26.8 Å². The summed E-state index contributed by atoms with van der Waals surface area (Å²) in [6, 6.07) is 6.63. The third kappa shape index (κ3) is 2.50. The van der Waals surface area contributed by atoms with Crippen LogP contribution in [0.1, 0.15) is 32.3 Å². The Morgan fingerprint density at radius 3 is 2.62 bits per heavy atom. The molecule has 3 aliphatic rings. The summed E-state index contributed by atoms with van der Waals surface area (Å²) in [6.07, 6.45) is 0.0717. The van der Waals surface area contributed by atoms with E-state index in [0.717, 1.165) is 5.56 Å². The second kappa shape index (κ2) is 5.25. The third-order valence-corrected chi connectivity index (χ3v) is 6.38. The second-order valence-corrected chi connectivity index (χ2v) is 8.83. The fraction of sp³-hybridized carbons (Fsp3) is 0.647. The highest BCUT2D eigenvalue weighted by molar-refractivity contribution is 7.86. The summed E-state index contributed by atoms with van der Waals surface area (Å²) in [5, 5.41) is 0. The van der Waals surface area contributed by atoms with Crippen LogP contribution in [-0.2, 0) is 28.5 Å². The molecule has 24 heavy (non-hydrogen) atoms. The van der Waals surface area contributed by atoms with Crippen molar-refractivity contribution in [3.8, 4) is 0 Å². The van der Waals surface area contributed by atoms with Gasteiger partial charge in [0, 0.05) is 0 Å². The van der Waals surface area contributed by atoms with Crippen LogP contribution in [0.4, 0.5) is 0 Å². The lowest BCUT2D eigenvalue weighted by molar-refractivity contribution is -0.196. The maximum absolute atomic E-state index is 12.6. The normalized spacial score (nSPS) is 37.4. The summed E-state index contributed by atoms with van der Waals surface area (Å²) in [4.78, 5) is 0.160. The van der Waals surface area contributed by atoms with Gasteiger partial charge in [0.1, 0.15) is 23.9 Å². The van der Waals surface area contributed by atoms with Crippen LogP contribution in [0.5, 0.6) is 0 Å². The second-order valence-electron chi connectivity index (χ2n) is 7.26. The van der Waals surface area contributed by atoms with Crippen molar-refractivity contribution in [1.29, 1.82) is 0 Å². The fourth-order valence-corrected chi connectivity index (χ4v) is 5.16. The molecule has 7 heteroatoms. The van der Waals surface area contributed by atoms with E-state index in [1.165, 1.54) is 0 Å². The maximum Gasteiger partial charge on any atom is 0.297 e. The zero-order chi connectivity index (χ0) is 17.2. The van der Waals surface area contributed by atoms with Gasteiger partial charge in [-0.15, -0.1) is 0 Å². The van der Waals surface area contributed by atoms with E-state index in [1.54, 1.807) is 24.3 Å². The van der Waals surface area contributed by atoms with Crippen molar-refractivity contribution in [2.24, 2.45) is 0 Å². The van der Waals surface area contributed by atoms with Crippen LogP contribution in [0.15, 0.2) is 29.2 Å². The third-order valence-electron chi connectivity index (χ3n) is 5.03. The smallest absolute Gasteiger partial charge is 0.297 e. The van der Waals surface area contributed by atoms with E-state index in [0.29, 0.717) is 19.4 Å². The van der Waals surface area contributed by atoms with Gasteiger partial charge in [-0.05, 0) is 45.7 Å². The lowest BCUT2D eigenvalue weighted by atomic mass is 9.95. The molecule has 4 rings (SSSR count). The molecular formula is C17H22O6S. The van der Waals surface area contributed by atoms with Gasteiger partial charge < -0.3 is 14.2 Å². The van der Waals surface area contributed by atoms with E-state index in [-0.39, 0.29) is 11.0 Å². The Labute approximate surface area is 142 Å². The van der Waals surface area contributed by atoms with Crippen LogP contribution in [0.2, 0.25) is 0 Å². The maximum atomic E-state index is 12.6. The van der Waals surface area contributed by atoms with E-state index < -0.39 is 33.7 Å². The summed E-state index contributed by atoms with van der Waals surface area (Å²) in [5.41, 5.74) is 0.395. The molecule has 4 unspecified atom stereocenters. The summed E-state index contributed by atoms with van der Waals surface area (Å²) >= 11 is 0. The molecule has 132 valence electrons. The molecule has 0 N–H and O–H groups in total. The number of ether oxygens (including phenoxy) is 3. The lowest BCUT2D eigenvalue weighted by Gasteiger charge is -2.28. The Bertz CT molecular complexity index is 741. The predicted octanol–water partition coefficient (Wildman–Crippen LogP) is 2.15. The van der Waals surface area contributed by atoms with Gasteiger partial charge in [-0.1, -0.05) is 17.7 Å². The van der Waals surface area contributed by atoms with Gasteiger partial charge in [0.05, 0.1) is 11.5 Å². The van der Waals surface area contributed by atoms with E-state index in [9.17, 15) is 8.42 Å². The first-order valence-electron chi connectivity index (χ1n) is 8.21. The highest BCUT2D eigenvalue weighted by atomic mass is 32.2. The number of hydrogen-bond donors (Lipinski definition) is 0. The van der Waals surface area contributed by atoms with Crippen LogP contribution < -0.4 is 0 Å². The molecule has 1 saturated carbocycles. The topological polar surface area (TPSA) is 71.1 Å². The first-order valence-corrected chi connectivity index (χ1v) is 9.62. The van der Waals surface area contributed by atoms with E-state index >= 15 is 0 Å². The summed E-state index contributed by atoms with van der Waals surface area (Å²) in [7, 11) is -3.84. The number of benzene rings is 1. The van der Waals surface area contributed by atoms with E-state index in [1.807, 2.05) is 20.8 Å². The van der Waals surface area contributed by atoms with Crippen molar-refractivity contribution in [1.82, 2.24) is 0 Å². The highest BCUT2D eigenvalue weighted by Gasteiger charge is 2.67. The van der Waals surface area contributed by atoms with Crippen molar-refractivity contribution in [2.75, 3.05) is 6.61 Å². The van der Waals surface area contributed by atoms with Crippen molar-refractivity contribution >= 4 is 10.1 Å². The Morgan fingerprint density at radius 1 is 1.21 bits per heavy atom. The Kier molecular flexibility index (Phi) is 3.61. The van der Waals surface area contributed by atoms with Crippen LogP contribution in [0.3, 0.4) is 0 Å². The van der Waals surface area contributed by atoms with Crippen LogP contribution in [0, 0.1) is 6.92 Å². The van der Waals surface area contributed by atoms with Gasteiger partial charge in [-0.2, -0.15) is 8.42 Å². The Hall–Kier alpha value is -0.990. The van der Waals surface area contributed by atoms with Crippen molar-refractivity contribution in [3.05, 3.63) is 29.8 Å². The number of hydrogen-bond acceptors (Lipinski definition) is 6. The highest BCUT2D eigenvalue weighted by Crippen LogP contribution is 2.52. The Balaban J connectivity index is 1.56. The molecule has 4 atom stereocenters. The fourth-order valence-electron chi connectivity index (χ4n) is 4.06. The molecule has 3 fully saturated rings. The van der Waals surface area contributed by atoms with Gasteiger partial charge in [-0.25, -0.2) is 0 Å². The molecule has 6 nitrogen and oxygen atoms in total. The quantitative estimate of drug-likeness (QED) is 0.775. The van der Waals surface area contributed by atoms with E-state index in [4.69, 9.17) is 18.4 Å². The zero-order valence-electron chi connectivity index (χ0n) is 14.0. The van der Waals surface area contributed by atoms with Gasteiger partial charge >= 0.3 is 0 Å². The molecular weight excluding hydrogens is 332 g/mol. The van der Waals surface area contributed by atoms with Crippen LogP contribution in [0.25, 0.3) is 0 Å². The monoisotopic (exact) mass is 354 g/mol. The zero-order valence-corrected chi connectivity index (χ0v) is 14.8. The molecule has 2 aliphatic heterocycles. The first-order chi connectivity index (χ1) is 11.2. The lowest BCUT2D eigenvalue weighted by Crippen LogP contribution is -2.45. The van der Waals surface area contributed by atoms with Crippen LogP contribution in [-0.4, -0.2) is 44.7 Å². The summed E-state index contributed by atoms with van der Waals surface area (Å²) in [6.45, 7) is 6.05. The largest absolute Gasteiger partial charge is 0.370 e. The minimum atomic E-state index is -3.84. The van der Waals surface area contributed by atoms with Gasteiger partial charge in [0.2, 0.25) is 0 Å². The average Bonchev–Trinajstić information content (AvgIpc) is 3.05. The minimum absolute atomic E-state index is 0.160. The van der Waals surface area contributed by atoms with Crippen molar-refractivity contribution in [2.45, 2.75) is 68.2 Å². The first kappa shape index (κ1) is 16.5. The van der Waals surface area contributed by atoms with Gasteiger partial charge in [0.15, 0.2) is 5.79 Å². The molecule has 0 bridgehead atoms. The molecule has 0 aromatic heterocycles. The number of rotatable bonds is 3. The SMILES string of the molecule is Cc1ccc(S(=O)(=O)OC2CCC34OC(C)(C)OC3COC24)cc1. The molecule has 0 radical (unpaired) electrons. The molecule has 0 amide bonds. The van der Waals surface area contributed by atoms with Crippen LogP contribution >= 0.6 is 0 Å². The van der Waals surface area contributed by atoms with Crippen molar-refractivity contribution in [3.63, 3.8) is 0 Å². The summed E-state index contributed by atoms with van der Waals surface area (Å²) in [5.74, 6) is -0.683. The van der Waals surface area contributed by atoms with Gasteiger partial charge in [0.25, 0.3) is 10.1 Å². The molecule has 2 saturated heterocycles. The molecule has 1 aromatic carbocycles. The van der Waals surface area contributed by atoms with E-state index in [2.05, 4.69) is 0 Å². The molecule has 1 aliphatic carbocycles. The van der Waals surface area contributed by atoms with Gasteiger partial charge in [-0.3, -0.25) is 4.18 Å². The summed E-state index contributed by atoms with van der Waals surface area (Å²) < 4.78 is 48.5. The molecule has 2 heterocycles. The average molecular weight is 354 g/mol. The minimum Gasteiger partial charge on any atom is -0.370 e. The number of aryl methyl sites for hydroxylation is 1.